The highest BCUT2D eigenvalue weighted by Crippen LogP contribution is 2.21. The summed E-state index contributed by atoms with van der Waals surface area (Å²) in [5.74, 6) is 1.32. The lowest BCUT2D eigenvalue weighted by molar-refractivity contribution is 0.360. The second-order valence-electron chi connectivity index (χ2n) is 4.41. The summed E-state index contributed by atoms with van der Waals surface area (Å²) in [5, 5.41) is 6.57. The van der Waals surface area contributed by atoms with Gasteiger partial charge in [-0.15, -0.1) is 17.9 Å². The smallest absolute Gasteiger partial charge is 0.205 e. The fourth-order valence-corrected chi connectivity index (χ4v) is 2.33. The van der Waals surface area contributed by atoms with Gasteiger partial charge in [-0.3, -0.25) is 5.43 Å². The molecule has 22 heavy (non-hydrogen) atoms. The molecule has 0 aliphatic heterocycles. The Morgan fingerprint density at radius 3 is 2.91 bits per heavy atom. The van der Waals surface area contributed by atoms with Crippen LogP contribution >= 0.6 is 11.3 Å². The van der Waals surface area contributed by atoms with Crippen LogP contribution < -0.4 is 15.9 Å². The summed E-state index contributed by atoms with van der Waals surface area (Å²) in [6, 6.07) is 5.87. The lowest BCUT2D eigenvalue weighted by Crippen LogP contribution is -1.98. The van der Waals surface area contributed by atoms with E-state index in [1.807, 2.05) is 24.3 Å². The zero-order chi connectivity index (χ0) is 15.8. The van der Waals surface area contributed by atoms with Crippen LogP contribution in [-0.2, 0) is 6.42 Å². The first kappa shape index (κ1) is 15.8. The van der Waals surface area contributed by atoms with Crippen molar-refractivity contribution in [2.75, 3.05) is 17.8 Å². The molecule has 114 valence electrons. The Balaban J connectivity index is 2.08. The Bertz CT molecular complexity index is 679. The number of allylic oxidation sites excluding steroid dienone is 1. The maximum Gasteiger partial charge on any atom is 0.205 e. The maximum atomic E-state index is 5.62. The van der Waals surface area contributed by atoms with Crippen LogP contribution in [-0.4, -0.2) is 17.8 Å². The predicted molar refractivity (Wildman–Crippen MR) is 93.8 cm³/mol. The fourth-order valence-electron chi connectivity index (χ4n) is 1.78. The van der Waals surface area contributed by atoms with Crippen LogP contribution in [0, 0.1) is 0 Å². The van der Waals surface area contributed by atoms with Gasteiger partial charge in [-0.2, -0.15) is 5.10 Å². The van der Waals surface area contributed by atoms with Crippen molar-refractivity contribution in [1.82, 2.24) is 4.98 Å². The summed E-state index contributed by atoms with van der Waals surface area (Å²) in [7, 11) is 0. The molecule has 0 aliphatic carbocycles. The van der Waals surface area contributed by atoms with Crippen LogP contribution in [0.15, 0.2) is 54.0 Å². The topological polar surface area (TPSA) is 72.5 Å². The minimum absolute atomic E-state index is 0.477. The number of hydrogen-bond donors (Lipinski definition) is 2. The molecule has 0 bridgehead atoms. The number of ether oxygens (including phenoxy) is 1. The molecule has 0 atom stereocenters. The van der Waals surface area contributed by atoms with Crippen LogP contribution in [0.3, 0.4) is 0 Å². The molecule has 1 aromatic heterocycles. The van der Waals surface area contributed by atoms with Crippen LogP contribution in [0.2, 0.25) is 0 Å². The number of nitrogens with two attached hydrogens (primary N) is 1. The summed E-state index contributed by atoms with van der Waals surface area (Å²) >= 11 is 1.40. The normalized spacial score (nSPS) is 10.5. The van der Waals surface area contributed by atoms with E-state index in [-0.39, 0.29) is 0 Å². The van der Waals surface area contributed by atoms with Crippen molar-refractivity contribution in [3.05, 3.63) is 60.0 Å². The fraction of sp³-hybridized carbons (Fsp3) is 0.125. The molecule has 0 spiro atoms. The molecule has 2 rings (SSSR count). The number of hydrazone groups is 1. The van der Waals surface area contributed by atoms with Gasteiger partial charge in [0.25, 0.3) is 0 Å². The van der Waals surface area contributed by atoms with E-state index in [0.717, 1.165) is 23.3 Å². The molecule has 0 fully saturated rings. The van der Waals surface area contributed by atoms with Crippen molar-refractivity contribution in [2.45, 2.75) is 6.42 Å². The third-order valence-corrected chi connectivity index (χ3v) is 3.47. The number of aromatic nitrogens is 1. The van der Waals surface area contributed by atoms with E-state index in [4.69, 9.17) is 10.5 Å². The monoisotopic (exact) mass is 314 g/mol. The molecular formula is C16H18N4OS. The Kier molecular flexibility index (Phi) is 5.73. The second kappa shape index (κ2) is 7.99. The van der Waals surface area contributed by atoms with Gasteiger partial charge >= 0.3 is 0 Å². The van der Waals surface area contributed by atoms with Gasteiger partial charge in [-0.1, -0.05) is 18.7 Å². The minimum atomic E-state index is 0.477. The highest BCUT2D eigenvalue weighted by Gasteiger charge is 2.03. The molecule has 2 aromatic rings. The number of thiazole rings is 1. The molecular weight excluding hydrogens is 296 g/mol. The molecule has 0 amide bonds. The van der Waals surface area contributed by atoms with Gasteiger partial charge in [-0.05, 0) is 35.7 Å². The van der Waals surface area contributed by atoms with Crippen molar-refractivity contribution in [3.63, 3.8) is 0 Å². The largest absolute Gasteiger partial charge is 0.489 e. The van der Waals surface area contributed by atoms with Crippen LogP contribution in [0.25, 0.3) is 0 Å². The molecule has 0 unspecified atom stereocenters. The number of benzene rings is 1. The summed E-state index contributed by atoms with van der Waals surface area (Å²) in [6.45, 7) is 7.90. The van der Waals surface area contributed by atoms with E-state index >= 15 is 0 Å². The van der Waals surface area contributed by atoms with E-state index in [1.165, 1.54) is 11.3 Å². The number of hydrogen-bond acceptors (Lipinski definition) is 6. The Morgan fingerprint density at radius 1 is 1.36 bits per heavy atom. The van der Waals surface area contributed by atoms with Gasteiger partial charge in [-0.25, -0.2) is 4.98 Å². The number of nitrogens with one attached hydrogen (secondary N) is 1. The molecule has 5 nitrogen and oxygen atoms in total. The first-order chi connectivity index (χ1) is 10.7. The third kappa shape index (κ3) is 4.46. The van der Waals surface area contributed by atoms with Gasteiger partial charge < -0.3 is 10.5 Å². The Hall–Kier alpha value is -2.60. The van der Waals surface area contributed by atoms with Gasteiger partial charge in [0, 0.05) is 5.38 Å². The Morgan fingerprint density at radius 2 is 2.23 bits per heavy atom. The summed E-state index contributed by atoms with van der Waals surface area (Å²) in [4.78, 5) is 4.07. The Labute approximate surface area is 133 Å². The van der Waals surface area contributed by atoms with Gasteiger partial charge in [0.05, 0.1) is 6.21 Å². The molecule has 0 radical (unpaired) electrons. The van der Waals surface area contributed by atoms with Crippen molar-refractivity contribution in [1.29, 1.82) is 0 Å². The van der Waals surface area contributed by atoms with E-state index in [1.54, 1.807) is 17.7 Å². The van der Waals surface area contributed by atoms with Crippen LogP contribution in [0.5, 0.6) is 5.75 Å². The molecule has 0 saturated carbocycles. The standard InChI is InChI=1S/C16H18N4OS/c1-3-5-13-9-12(6-7-14(13)21-8-4-2)10-18-20-16-19-15(17)11-22-16/h3-4,6-7,9-11H,1-2,5,8,17H2,(H,19,20). The SMILES string of the molecule is C=CCOc1ccc(C=NNc2nc(N)cs2)cc1CC=C. The van der Waals surface area contributed by atoms with Crippen molar-refractivity contribution < 1.29 is 4.74 Å². The summed E-state index contributed by atoms with van der Waals surface area (Å²) in [6.07, 6.45) is 6.01. The van der Waals surface area contributed by atoms with Crippen molar-refractivity contribution in [3.8, 4) is 5.75 Å². The van der Waals surface area contributed by atoms with Crippen LogP contribution in [0.4, 0.5) is 10.9 Å². The highest BCUT2D eigenvalue weighted by atomic mass is 32.1. The predicted octanol–water partition coefficient (Wildman–Crippen LogP) is 3.46. The molecule has 3 N–H and O–H groups in total. The maximum absolute atomic E-state index is 5.62. The lowest BCUT2D eigenvalue weighted by Gasteiger charge is -2.09. The number of anilines is 2. The van der Waals surface area contributed by atoms with Crippen LogP contribution in [0.1, 0.15) is 11.1 Å². The third-order valence-electron chi connectivity index (χ3n) is 2.70. The molecule has 6 heteroatoms. The average Bonchev–Trinajstić information content (AvgIpc) is 2.92. The van der Waals surface area contributed by atoms with Gasteiger partial charge in [0.2, 0.25) is 5.13 Å². The van der Waals surface area contributed by atoms with Gasteiger partial charge in [0.1, 0.15) is 18.2 Å². The quantitative estimate of drug-likeness (QED) is 0.444. The second-order valence-corrected chi connectivity index (χ2v) is 5.27. The lowest BCUT2D eigenvalue weighted by atomic mass is 10.1. The average molecular weight is 314 g/mol. The zero-order valence-electron chi connectivity index (χ0n) is 12.2. The van der Waals surface area contributed by atoms with E-state index in [0.29, 0.717) is 17.6 Å². The molecule has 1 aromatic carbocycles. The van der Waals surface area contributed by atoms with Crippen molar-refractivity contribution in [2.24, 2.45) is 5.10 Å². The number of nitrogen functional groups attached to an aromatic ring is 1. The molecule has 1 heterocycles. The molecule has 0 saturated heterocycles. The highest BCUT2D eigenvalue weighted by molar-refractivity contribution is 7.14. The number of nitrogens with zero attached hydrogens (tertiary/aromatic N) is 2. The first-order valence-electron chi connectivity index (χ1n) is 6.70. The van der Waals surface area contributed by atoms with Gasteiger partial charge in [0.15, 0.2) is 0 Å². The molecule has 0 aliphatic rings. The minimum Gasteiger partial charge on any atom is -0.489 e. The van der Waals surface area contributed by atoms with E-state index in [9.17, 15) is 0 Å². The summed E-state index contributed by atoms with van der Waals surface area (Å²) < 4.78 is 5.62. The van der Waals surface area contributed by atoms with E-state index in [2.05, 4.69) is 28.7 Å². The van der Waals surface area contributed by atoms with E-state index < -0.39 is 0 Å². The number of rotatable bonds is 8. The van der Waals surface area contributed by atoms with Crippen molar-refractivity contribution >= 4 is 28.5 Å². The first-order valence-corrected chi connectivity index (χ1v) is 7.58. The zero-order valence-corrected chi connectivity index (χ0v) is 13.0. The summed E-state index contributed by atoms with van der Waals surface area (Å²) in [5.41, 5.74) is 10.4.